The van der Waals surface area contributed by atoms with E-state index in [0.29, 0.717) is 23.8 Å². The number of hydrogen-bond donors (Lipinski definition) is 0. The molecule has 0 saturated carbocycles. The molecule has 27 heavy (non-hydrogen) atoms. The summed E-state index contributed by atoms with van der Waals surface area (Å²) in [7, 11) is 0. The van der Waals surface area contributed by atoms with E-state index in [0.717, 1.165) is 32.5 Å². The van der Waals surface area contributed by atoms with Gasteiger partial charge in [-0.05, 0) is 25.5 Å². The summed E-state index contributed by atoms with van der Waals surface area (Å²) >= 11 is 3.34. The highest BCUT2D eigenvalue weighted by Crippen LogP contribution is 2.36. The van der Waals surface area contributed by atoms with Crippen molar-refractivity contribution in [2.24, 2.45) is 0 Å². The SMILES string of the molecule is CCC1(C)Cc2c(sc3c(nc(SC(C)C)n3-c3ccccc3)c2=O)CO1. The van der Waals surface area contributed by atoms with Crippen LogP contribution < -0.4 is 5.43 Å². The van der Waals surface area contributed by atoms with Crippen LogP contribution in [0.1, 0.15) is 44.6 Å². The van der Waals surface area contributed by atoms with E-state index in [1.165, 1.54) is 0 Å². The van der Waals surface area contributed by atoms with Crippen LogP contribution in [0.15, 0.2) is 40.3 Å². The van der Waals surface area contributed by atoms with Gasteiger partial charge in [0.25, 0.3) is 0 Å². The fraction of sp³-hybridized carbons (Fsp3) is 0.429. The van der Waals surface area contributed by atoms with Crippen molar-refractivity contribution < 1.29 is 4.74 Å². The highest BCUT2D eigenvalue weighted by atomic mass is 32.2. The first-order valence-corrected chi connectivity index (χ1v) is 11.0. The van der Waals surface area contributed by atoms with Crippen molar-refractivity contribution in [2.75, 3.05) is 0 Å². The van der Waals surface area contributed by atoms with Gasteiger partial charge in [-0.2, -0.15) is 0 Å². The van der Waals surface area contributed by atoms with E-state index in [-0.39, 0.29) is 11.0 Å². The minimum Gasteiger partial charge on any atom is -0.369 e. The van der Waals surface area contributed by atoms with E-state index in [2.05, 4.69) is 44.4 Å². The van der Waals surface area contributed by atoms with Crippen molar-refractivity contribution in [3.63, 3.8) is 0 Å². The zero-order valence-electron chi connectivity index (χ0n) is 16.1. The van der Waals surface area contributed by atoms with Crippen LogP contribution in [0.5, 0.6) is 0 Å². The van der Waals surface area contributed by atoms with Gasteiger partial charge in [0.2, 0.25) is 5.43 Å². The third kappa shape index (κ3) is 3.35. The number of nitrogens with zero attached hydrogens (tertiary/aromatic N) is 2. The molecule has 142 valence electrons. The number of thioether (sulfide) groups is 1. The van der Waals surface area contributed by atoms with E-state index in [4.69, 9.17) is 9.72 Å². The molecule has 0 N–H and O–H groups in total. The average molecular weight is 401 g/mol. The second-order valence-electron chi connectivity index (χ2n) is 7.49. The van der Waals surface area contributed by atoms with Crippen LogP contribution in [-0.2, 0) is 17.8 Å². The van der Waals surface area contributed by atoms with Crippen LogP contribution in [0.25, 0.3) is 16.0 Å². The minimum atomic E-state index is -0.260. The molecule has 0 spiro atoms. The summed E-state index contributed by atoms with van der Waals surface area (Å²) in [6.45, 7) is 8.99. The molecule has 6 heteroatoms. The fourth-order valence-electron chi connectivity index (χ4n) is 3.36. The Balaban J connectivity index is 1.97. The van der Waals surface area contributed by atoms with Gasteiger partial charge in [-0.1, -0.05) is 50.7 Å². The zero-order valence-corrected chi connectivity index (χ0v) is 17.7. The molecule has 0 aliphatic carbocycles. The lowest BCUT2D eigenvalue weighted by molar-refractivity contribution is -0.0550. The topological polar surface area (TPSA) is 44.1 Å². The van der Waals surface area contributed by atoms with Gasteiger partial charge in [0.15, 0.2) is 5.16 Å². The second-order valence-corrected chi connectivity index (χ2v) is 10.1. The Morgan fingerprint density at radius 3 is 2.74 bits per heavy atom. The third-order valence-corrected chi connectivity index (χ3v) is 7.19. The fourth-order valence-corrected chi connectivity index (χ4v) is 5.44. The number of fused-ring (bicyclic) bond motifs is 2. The van der Waals surface area contributed by atoms with Gasteiger partial charge in [0, 0.05) is 27.8 Å². The number of benzene rings is 1. The van der Waals surface area contributed by atoms with E-state index >= 15 is 0 Å². The Bertz CT molecular complexity index is 1040. The molecule has 0 fully saturated rings. The van der Waals surface area contributed by atoms with E-state index in [1.807, 2.05) is 18.2 Å². The smallest absolute Gasteiger partial charge is 0.211 e. The maximum Gasteiger partial charge on any atom is 0.211 e. The molecule has 1 aliphatic heterocycles. The summed E-state index contributed by atoms with van der Waals surface area (Å²) in [6.07, 6.45) is 1.55. The van der Waals surface area contributed by atoms with Crippen molar-refractivity contribution in [3.8, 4) is 5.69 Å². The van der Waals surface area contributed by atoms with Crippen LogP contribution >= 0.6 is 23.1 Å². The molecular formula is C21H24N2O2S2. The highest BCUT2D eigenvalue weighted by Gasteiger charge is 2.33. The monoisotopic (exact) mass is 400 g/mol. The number of hydrogen-bond acceptors (Lipinski definition) is 5. The first kappa shape index (κ1) is 18.7. The molecular weight excluding hydrogens is 376 g/mol. The van der Waals surface area contributed by atoms with Gasteiger partial charge >= 0.3 is 0 Å². The summed E-state index contributed by atoms with van der Waals surface area (Å²) in [5.74, 6) is 0. The maximum absolute atomic E-state index is 13.3. The molecule has 1 aliphatic rings. The number of ether oxygens (including phenoxy) is 1. The van der Waals surface area contributed by atoms with Gasteiger partial charge in [-0.3, -0.25) is 9.36 Å². The second kappa shape index (κ2) is 7.08. The number of aromatic nitrogens is 2. The molecule has 4 nitrogen and oxygen atoms in total. The Morgan fingerprint density at radius 2 is 2.07 bits per heavy atom. The van der Waals surface area contributed by atoms with E-state index < -0.39 is 0 Å². The number of rotatable bonds is 4. The van der Waals surface area contributed by atoms with Crippen molar-refractivity contribution >= 4 is 33.4 Å². The lowest BCUT2D eigenvalue weighted by Gasteiger charge is -2.33. The van der Waals surface area contributed by atoms with E-state index in [1.54, 1.807) is 23.1 Å². The predicted molar refractivity (Wildman–Crippen MR) is 113 cm³/mol. The van der Waals surface area contributed by atoms with Gasteiger partial charge < -0.3 is 4.74 Å². The number of imidazole rings is 1. The normalized spacial score (nSPS) is 19.6. The Hall–Kier alpha value is -1.63. The van der Waals surface area contributed by atoms with Crippen LogP contribution in [0, 0.1) is 0 Å². The van der Waals surface area contributed by atoms with Gasteiger partial charge in [0.05, 0.1) is 12.2 Å². The van der Waals surface area contributed by atoms with Crippen LogP contribution in [0.3, 0.4) is 0 Å². The van der Waals surface area contributed by atoms with Gasteiger partial charge in [-0.15, -0.1) is 11.3 Å². The summed E-state index contributed by atoms with van der Waals surface area (Å²) in [5, 5.41) is 1.26. The zero-order chi connectivity index (χ0) is 19.2. The minimum absolute atomic E-state index is 0.0713. The summed E-state index contributed by atoms with van der Waals surface area (Å²) in [5.41, 5.74) is 2.33. The Labute approximate surface area is 167 Å². The number of para-hydroxylation sites is 1. The molecule has 1 atom stereocenters. The van der Waals surface area contributed by atoms with E-state index in [9.17, 15) is 4.79 Å². The third-order valence-electron chi connectivity index (χ3n) is 5.06. The predicted octanol–water partition coefficient (Wildman–Crippen LogP) is 5.19. The molecule has 3 heterocycles. The van der Waals surface area contributed by atoms with Crippen molar-refractivity contribution in [3.05, 3.63) is 51.0 Å². The molecule has 0 saturated heterocycles. The largest absolute Gasteiger partial charge is 0.369 e. The molecule has 0 radical (unpaired) electrons. The molecule has 2 aromatic heterocycles. The lowest BCUT2D eigenvalue weighted by atomic mass is 9.91. The quantitative estimate of drug-likeness (QED) is 0.565. The van der Waals surface area contributed by atoms with Crippen molar-refractivity contribution in [1.82, 2.24) is 9.55 Å². The summed E-state index contributed by atoms with van der Waals surface area (Å²) in [4.78, 5) is 20.1. The first-order valence-electron chi connectivity index (χ1n) is 9.35. The lowest BCUT2D eigenvalue weighted by Crippen LogP contribution is -2.37. The van der Waals surface area contributed by atoms with Crippen LogP contribution in [0.2, 0.25) is 0 Å². The average Bonchev–Trinajstić information content (AvgIpc) is 3.01. The van der Waals surface area contributed by atoms with Gasteiger partial charge in [0.1, 0.15) is 10.3 Å². The molecule has 0 bridgehead atoms. The van der Waals surface area contributed by atoms with Crippen molar-refractivity contribution in [1.29, 1.82) is 0 Å². The Morgan fingerprint density at radius 1 is 1.33 bits per heavy atom. The van der Waals surface area contributed by atoms with Crippen LogP contribution in [-0.4, -0.2) is 20.4 Å². The van der Waals surface area contributed by atoms with Crippen LogP contribution in [0.4, 0.5) is 0 Å². The summed E-state index contributed by atoms with van der Waals surface area (Å²) in [6, 6.07) is 10.2. The highest BCUT2D eigenvalue weighted by molar-refractivity contribution is 7.99. The Kier molecular flexibility index (Phi) is 4.91. The molecule has 1 unspecified atom stereocenters. The molecule has 0 amide bonds. The molecule has 1 aromatic carbocycles. The summed E-state index contributed by atoms with van der Waals surface area (Å²) < 4.78 is 8.22. The van der Waals surface area contributed by atoms with Gasteiger partial charge in [-0.25, -0.2) is 4.98 Å². The van der Waals surface area contributed by atoms with Crippen molar-refractivity contribution in [2.45, 2.75) is 63.2 Å². The maximum atomic E-state index is 13.3. The molecule has 4 rings (SSSR count). The standard InChI is InChI=1S/C21H24N2O2S2/c1-5-21(4)11-15-16(12-25-21)27-19-17(18(15)24)22-20(26-13(2)3)23(19)14-9-7-6-8-10-14/h6-10,13H,5,11-12H2,1-4H3. The first-order chi connectivity index (χ1) is 12.9. The molecule has 3 aromatic rings.